The van der Waals surface area contributed by atoms with Gasteiger partial charge in [0.2, 0.25) is 0 Å². The van der Waals surface area contributed by atoms with Crippen molar-refractivity contribution in [3.8, 4) is 11.8 Å². The molecule has 0 unspecified atom stereocenters. The van der Waals surface area contributed by atoms with Crippen molar-refractivity contribution in [2.75, 3.05) is 18.5 Å². The molecule has 0 spiro atoms. The third kappa shape index (κ3) is 6.49. The lowest BCUT2D eigenvalue weighted by Crippen LogP contribution is -2.14. The first-order valence-electron chi connectivity index (χ1n) is 8.09. The third-order valence-corrected chi connectivity index (χ3v) is 3.57. The zero-order valence-electron chi connectivity index (χ0n) is 14.6. The Hall–Kier alpha value is -3.30. The van der Waals surface area contributed by atoms with Crippen molar-refractivity contribution in [3.05, 3.63) is 64.7 Å². The molecule has 6 nitrogen and oxygen atoms in total. The van der Waals surface area contributed by atoms with Crippen molar-refractivity contribution in [3.63, 3.8) is 0 Å². The van der Waals surface area contributed by atoms with E-state index in [-0.39, 0.29) is 12.2 Å². The Bertz CT molecular complexity index is 868. The first-order chi connectivity index (χ1) is 13.0. The van der Waals surface area contributed by atoms with Crippen molar-refractivity contribution in [1.29, 1.82) is 5.26 Å². The Labute approximate surface area is 162 Å². The molecule has 0 saturated carbocycles. The van der Waals surface area contributed by atoms with Gasteiger partial charge in [0.15, 0.2) is 6.61 Å². The molecule has 0 saturated heterocycles. The lowest BCUT2D eigenvalue weighted by atomic mass is 10.1. The van der Waals surface area contributed by atoms with Crippen molar-refractivity contribution < 1.29 is 19.1 Å². The summed E-state index contributed by atoms with van der Waals surface area (Å²) >= 11 is 5.80. The van der Waals surface area contributed by atoms with Crippen molar-refractivity contribution in [1.82, 2.24) is 0 Å². The number of anilines is 1. The number of hydrogen-bond donors (Lipinski definition) is 1. The number of nitriles is 1. The molecule has 0 bridgehead atoms. The summed E-state index contributed by atoms with van der Waals surface area (Å²) in [5, 5.41) is 12.4. The summed E-state index contributed by atoms with van der Waals surface area (Å²) in [5.74, 6) is -0.501. The minimum atomic E-state index is -0.525. The predicted octanol–water partition coefficient (Wildman–Crippen LogP) is 3.83. The van der Waals surface area contributed by atoms with E-state index < -0.39 is 11.9 Å². The van der Waals surface area contributed by atoms with E-state index in [9.17, 15) is 14.9 Å². The monoisotopic (exact) mass is 384 g/mol. The molecule has 0 atom stereocenters. The van der Waals surface area contributed by atoms with Gasteiger partial charge in [0.1, 0.15) is 17.4 Å². The lowest BCUT2D eigenvalue weighted by molar-refractivity contribution is -0.145. The van der Waals surface area contributed by atoms with E-state index in [0.717, 1.165) is 0 Å². The van der Waals surface area contributed by atoms with Gasteiger partial charge in [-0.25, -0.2) is 4.79 Å². The number of nitrogens with zero attached hydrogens (tertiary/aromatic N) is 1. The fourth-order valence-electron chi connectivity index (χ4n) is 2.05. The molecule has 0 aromatic heterocycles. The van der Waals surface area contributed by atoms with Crippen LogP contribution in [0, 0.1) is 11.3 Å². The number of carbonyl (C=O) groups is 2. The minimum absolute atomic E-state index is 0.0508. The van der Waals surface area contributed by atoms with E-state index in [1.54, 1.807) is 55.5 Å². The smallest absolute Gasteiger partial charge is 0.344 e. The maximum Gasteiger partial charge on any atom is 0.344 e. The maximum atomic E-state index is 12.2. The zero-order valence-corrected chi connectivity index (χ0v) is 15.3. The first kappa shape index (κ1) is 20.0. The Kier molecular flexibility index (Phi) is 7.41. The van der Waals surface area contributed by atoms with Gasteiger partial charge in [-0.1, -0.05) is 23.7 Å². The highest BCUT2D eigenvalue weighted by molar-refractivity contribution is 6.30. The van der Waals surface area contributed by atoms with Crippen LogP contribution in [-0.4, -0.2) is 25.1 Å². The van der Waals surface area contributed by atoms with Gasteiger partial charge in [-0.2, -0.15) is 5.26 Å². The van der Waals surface area contributed by atoms with Crippen LogP contribution in [0.1, 0.15) is 12.5 Å². The topological polar surface area (TPSA) is 88.4 Å². The van der Waals surface area contributed by atoms with Crippen LogP contribution in [-0.2, 0) is 14.3 Å². The molecule has 0 aliphatic heterocycles. The molecular formula is C20H17ClN2O4. The molecular weight excluding hydrogens is 368 g/mol. The Balaban J connectivity index is 2.01. The Morgan fingerprint density at radius 1 is 1.15 bits per heavy atom. The van der Waals surface area contributed by atoms with Crippen LogP contribution >= 0.6 is 11.6 Å². The molecule has 2 aromatic rings. The second-order valence-corrected chi connectivity index (χ2v) is 5.73. The summed E-state index contributed by atoms with van der Waals surface area (Å²) in [5.41, 5.74) is 1.12. The molecule has 1 N–H and O–H groups in total. The molecule has 2 rings (SSSR count). The van der Waals surface area contributed by atoms with Crippen LogP contribution in [0.15, 0.2) is 54.1 Å². The molecule has 7 heteroatoms. The predicted molar refractivity (Wildman–Crippen MR) is 102 cm³/mol. The van der Waals surface area contributed by atoms with Gasteiger partial charge < -0.3 is 14.8 Å². The van der Waals surface area contributed by atoms with Gasteiger partial charge in [-0.15, -0.1) is 0 Å². The van der Waals surface area contributed by atoms with Crippen LogP contribution < -0.4 is 10.1 Å². The average Bonchev–Trinajstić information content (AvgIpc) is 2.67. The maximum absolute atomic E-state index is 12.2. The number of amides is 1. The van der Waals surface area contributed by atoms with E-state index in [1.165, 1.54) is 6.08 Å². The van der Waals surface area contributed by atoms with E-state index in [4.69, 9.17) is 21.1 Å². The Morgan fingerprint density at radius 3 is 2.41 bits per heavy atom. The fourth-order valence-corrected chi connectivity index (χ4v) is 2.18. The van der Waals surface area contributed by atoms with Crippen molar-refractivity contribution in [2.24, 2.45) is 0 Å². The van der Waals surface area contributed by atoms with Crippen LogP contribution in [0.25, 0.3) is 6.08 Å². The highest BCUT2D eigenvalue weighted by Gasteiger charge is 2.10. The molecule has 0 aliphatic carbocycles. The van der Waals surface area contributed by atoms with E-state index >= 15 is 0 Å². The molecule has 0 heterocycles. The minimum Gasteiger partial charge on any atom is -0.482 e. The Morgan fingerprint density at radius 2 is 1.81 bits per heavy atom. The first-order valence-corrected chi connectivity index (χ1v) is 8.47. The van der Waals surface area contributed by atoms with E-state index in [1.807, 2.05) is 6.07 Å². The number of esters is 1. The number of nitrogens with one attached hydrogen (secondary N) is 1. The standard InChI is InChI=1S/C20H17ClN2O4/c1-2-26-19(24)13-27-18-9-3-14(4-10-18)11-15(12-22)20(25)23-17-7-5-16(21)6-8-17/h3-11H,2,13H2,1H3,(H,23,25)/b15-11+. The van der Waals surface area contributed by atoms with Crippen molar-refractivity contribution >= 4 is 35.2 Å². The molecule has 0 aliphatic rings. The highest BCUT2D eigenvalue weighted by atomic mass is 35.5. The number of ether oxygens (including phenoxy) is 2. The SMILES string of the molecule is CCOC(=O)COc1ccc(/C=C(\C#N)C(=O)Nc2ccc(Cl)cc2)cc1. The van der Waals surface area contributed by atoms with Gasteiger partial charge >= 0.3 is 5.97 Å². The summed E-state index contributed by atoms with van der Waals surface area (Å²) < 4.78 is 10.1. The summed E-state index contributed by atoms with van der Waals surface area (Å²) in [7, 11) is 0. The van der Waals surface area contributed by atoms with Crippen LogP contribution in [0.3, 0.4) is 0 Å². The molecule has 0 radical (unpaired) electrons. The number of carbonyl (C=O) groups excluding carboxylic acids is 2. The van der Waals surface area contributed by atoms with Crippen molar-refractivity contribution in [2.45, 2.75) is 6.92 Å². The summed E-state index contributed by atoms with van der Waals surface area (Å²) in [6.45, 7) is 1.83. The fraction of sp³-hybridized carbons (Fsp3) is 0.150. The van der Waals surface area contributed by atoms with Crippen LogP contribution in [0.2, 0.25) is 5.02 Å². The quantitative estimate of drug-likeness (QED) is 0.445. The van der Waals surface area contributed by atoms with Gasteiger partial charge in [0.05, 0.1) is 6.61 Å². The van der Waals surface area contributed by atoms with Gasteiger partial charge in [0, 0.05) is 10.7 Å². The van der Waals surface area contributed by atoms with E-state index in [0.29, 0.717) is 28.6 Å². The van der Waals surface area contributed by atoms with E-state index in [2.05, 4.69) is 5.32 Å². The third-order valence-electron chi connectivity index (χ3n) is 3.32. The van der Waals surface area contributed by atoms with Crippen LogP contribution in [0.4, 0.5) is 5.69 Å². The largest absolute Gasteiger partial charge is 0.482 e. The van der Waals surface area contributed by atoms with Gasteiger partial charge in [-0.3, -0.25) is 4.79 Å². The normalized spacial score (nSPS) is 10.6. The molecule has 0 fully saturated rings. The molecule has 138 valence electrons. The number of benzene rings is 2. The van der Waals surface area contributed by atoms with Gasteiger partial charge in [-0.05, 0) is 55.0 Å². The van der Waals surface area contributed by atoms with Crippen LogP contribution in [0.5, 0.6) is 5.75 Å². The summed E-state index contributed by atoms with van der Waals surface area (Å²) in [6.07, 6.45) is 1.46. The second kappa shape index (κ2) is 10.00. The zero-order chi connectivity index (χ0) is 19.6. The summed E-state index contributed by atoms with van der Waals surface area (Å²) in [4.78, 5) is 23.5. The lowest BCUT2D eigenvalue weighted by Gasteiger charge is -2.06. The number of halogens is 1. The number of rotatable bonds is 7. The summed E-state index contributed by atoms with van der Waals surface area (Å²) in [6, 6.07) is 15.1. The van der Waals surface area contributed by atoms with Gasteiger partial charge in [0.25, 0.3) is 5.91 Å². The second-order valence-electron chi connectivity index (χ2n) is 5.29. The molecule has 1 amide bonds. The highest BCUT2D eigenvalue weighted by Crippen LogP contribution is 2.17. The average molecular weight is 385 g/mol. The molecule has 27 heavy (non-hydrogen) atoms. The number of hydrogen-bond acceptors (Lipinski definition) is 5. The molecule has 2 aromatic carbocycles.